The zero-order valence-corrected chi connectivity index (χ0v) is 13.9. The van der Waals surface area contributed by atoms with Gasteiger partial charge in [-0.15, -0.1) is 0 Å². The number of benzene rings is 1. The first-order valence-electron chi connectivity index (χ1n) is 8.22. The van der Waals surface area contributed by atoms with Crippen LogP contribution in [0.5, 0.6) is 5.75 Å². The number of aryl methyl sites for hydroxylation is 1. The van der Waals surface area contributed by atoms with Crippen molar-refractivity contribution < 1.29 is 9.84 Å². The second-order valence-electron chi connectivity index (χ2n) is 6.40. The minimum Gasteiger partial charge on any atom is -0.488 e. The van der Waals surface area contributed by atoms with Crippen LogP contribution in [0.3, 0.4) is 0 Å². The van der Waals surface area contributed by atoms with Crippen molar-refractivity contribution in [1.29, 1.82) is 0 Å². The summed E-state index contributed by atoms with van der Waals surface area (Å²) in [5.41, 5.74) is 3.66. The van der Waals surface area contributed by atoms with Gasteiger partial charge in [-0.1, -0.05) is 6.07 Å². The molecule has 0 radical (unpaired) electrons. The van der Waals surface area contributed by atoms with Crippen LogP contribution in [-0.2, 0) is 13.5 Å². The van der Waals surface area contributed by atoms with E-state index in [-0.39, 0.29) is 18.8 Å². The van der Waals surface area contributed by atoms with Gasteiger partial charge in [0.15, 0.2) is 0 Å². The van der Waals surface area contributed by atoms with Gasteiger partial charge in [0.2, 0.25) is 0 Å². The number of aliphatic hydroxyl groups is 1. The molecule has 0 aliphatic carbocycles. The number of rotatable bonds is 4. The SMILES string of the molecule is CC(CO)Oc1ccc2c(c1)c(C1Cc3cccnc3N1)cn2C. The molecule has 0 bridgehead atoms. The molecule has 3 heterocycles. The third-order valence-corrected chi connectivity index (χ3v) is 4.59. The number of fused-ring (bicyclic) bond motifs is 2. The summed E-state index contributed by atoms with van der Waals surface area (Å²) in [6.07, 6.45) is 4.71. The summed E-state index contributed by atoms with van der Waals surface area (Å²) in [5.74, 6) is 1.76. The molecule has 0 spiro atoms. The van der Waals surface area contributed by atoms with Crippen LogP contribution < -0.4 is 10.1 Å². The smallest absolute Gasteiger partial charge is 0.129 e. The van der Waals surface area contributed by atoms with Crippen LogP contribution in [-0.4, -0.2) is 27.4 Å². The fourth-order valence-corrected chi connectivity index (χ4v) is 3.38. The van der Waals surface area contributed by atoms with Gasteiger partial charge < -0.3 is 19.7 Å². The Morgan fingerprint density at radius 2 is 2.29 bits per heavy atom. The van der Waals surface area contributed by atoms with E-state index in [1.165, 1.54) is 22.0 Å². The molecule has 1 aliphatic rings. The number of ether oxygens (including phenoxy) is 1. The third kappa shape index (κ3) is 2.51. The summed E-state index contributed by atoms with van der Waals surface area (Å²) >= 11 is 0. The number of aliphatic hydroxyl groups excluding tert-OH is 1. The van der Waals surface area contributed by atoms with Crippen LogP contribution in [0.1, 0.15) is 24.1 Å². The van der Waals surface area contributed by atoms with Gasteiger partial charge in [0, 0.05) is 42.3 Å². The molecule has 5 heteroatoms. The molecule has 3 aromatic rings. The minimum absolute atomic E-state index is 0.00480. The molecule has 0 fully saturated rings. The van der Waals surface area contributed by atoms with Crippen molar-refractivity contribution in [3.63, 3.8) is 0 Å². The molecule has 4 rings (SSSR count). The number of pyridine rings is 1. The first-order chi connectivity index (χ1) is 11.7. The predicted molar refractivity (Wildman–Crippen MR) is 94.4 cm³/mol. The Labute approximate surface area is 140 Å². The van der Waals surface area contributed by atoms with E-state index in [0.29, 0.717) is 0 Å². The first kappa shape index (κ1) is 15.0. The largest absolute Gasteiger partial charge is 0.488 e. The van der Waals surface area contributed by atoms with Crippen LogP contribution in [0.15, 0.2) is 42.7 Å². The van der Waals surface area contributed by atoms with E-state index < -0.39 is 0 Å². The van der Waals surface area contributed by atoms with E-state index in [0.717, 1.165) is 18.0 Å². The quantitative estimate of drug-likeness (QED) is 0.775. The van der Waals surface area contributed by atoms with E-state index in [4.69, 9.17) is 4.74 Å². The van der Waals surface area contributed by atoms with Crippen molar-refractivity contribution in [1.82, 2.24) is 9.55 Å². The summed E-state index contributed by atoms with van der Waals surface area (Å²) in [7, 11) is 2.06. The number of hydrogen-bond acceptors (Lipinski definition) is 4. The summed E-state index contributed by atoms with van der Waals surface area (Å²) < 4.78 is 7.91. The first-order valence-corrected chi connectivity index (χ1v) is 8.22. The molecule has 1 aromatic carbocycles. The zero-order chi connectivity index (χ0) is 16.7. The highest BCUT2D eigenvalue weighted by molar-refractivity contribution is 5.86. The van der Waals surface area contributed by atoms with E-state index in [9.17, 15) is 5.11 Å². The van der Waals surface area contributed by atoms with E-state index in [1.54, 1.807) is 0 Å². The number of anilines is 1. The lowest BCUT2D eigenvalue weighted by Gasteiger charge is -2.13. The summed E-state index contributed by atoms with van der Waals surface area (Å²) in [6, 6.07) is 10.4. The predicted octanol–water partition coefficient (Wildman–Crippen LogP) is 3.04. The van der Waals surface area contributed by atoms with Crippen molar-refractivity contribution in [2.75, 3.05) is 11.9 Å². The lowest BCUT2D eigenvalue weighted by atomic mass is 10.0. The maximum Gasteiger partial charge on any atom is 0.129 e. The van der Waals surface area contributed by atoms with Crippen LogP contribution in [0, 0.1) is 0 Å². The molecule has 0 saturated carbocycles. The van der Waals surface area contributed by atoms with Crippen molar-refractivity contribution >= 4 is 16.7 Å². The molecular weight excluding hydrogens is 302 g/mol. The molecule has 124 valence electrons. The number of hydrogen-bond donors (Lipinski definition) is 2. The molecule has 0 amide bonds. The number of aromatic nitrogens is 2. The zero-order valence-electron chi connectivity index (χ0n) is 13.9. The Balaban J connectivity index is 1.72. The average molecular weight is 323 g/mol. The maximum absolute atomic E-state index is 9.19. The van der Waals surface area contributed by atoms with Crippen molar-refractivity contribution in [3.05, 3.63) is 53.9 Å². The minimum atomic E-state index is -0.215. The second-order valence-corrected chi connectivity index (χ2v) is 6.40. The van der Waals surface area contributed by atoms with Gasteiger partial charge in [0.1, 0.15) is 17.7 Å². The van der Waals surface area contributed by atoms with Crippen LogP contribution >= 0.6 is 0 Å². The van der Waals surface area contributed by atoms with Crippen molar-refractivity contribution in [2.24, 2.45) is 7.05 Å². The van der Waals surface area contributed by atoms with Crippen molar-refractivity contribution in [3.8, 4) is 5.75 Å². The van der Waals surface area contributed by atoms with Gasteiger partial charge in [-0.05, 0) is 36.8 Å². The lowest BCUT2D eigenvalue weighted by molar-refractivity contribution is 0.130. The fraction of sp³-hybridized carbons (Fsp3) is 0.316. The monoisotopic (exact) mass is 323 g/mol. The Morgan fingerprint density at radius 1 is 1.42 bits per heavy atom. The molecule has 0 saturated heterocycles. The molecule has 2 N–H and O–H groups in total. The normalized spacial score (nSPS) is 17.5. The van der Waals surface area contributed by atoms with Crippen LogP contribution in [0.25, 0.3) is 10.9 Å². The Kier molecular flexibility index (Phi) is 3.65. The summed E-state index contributed by atoms with van der Waals surface area (Å²) in [4.78, 5) is 4.42. The molecule has 2 atom stereocenters. The third-order valence-electron chi connectivity index (χ3n) is 4.59. The van der Waals surface area contributed by atoms with Crippen LogP contribution in [0.2, 0.25) is 0 Å². The molecular formula is C19H21N3O2. The van der Waals surface area contributed by atoms with Gasteiger partial charge in [-0.25, -0.2) is 4.98 Å². The molecule has 24 heavy (non-hydrogen) atoms. The summed E-state index contributed by atoms with van der Waals surface area (Å²) in [5, 5.41) is 13.9. The molecule has 1 aliphatic heterocycles. The Morgan fingerprint density at radius 3 is 3.08 bits per heavy atom. The lowest BCUT2D eigenvalue weighted by Crippen LogP contribution is -2.16. The highest BCUT2D eigenvalue weighted by Gasteiger charge is 2.25. The number of nitrogens with zero attached hydrogens (tertiary/aromatic N) is 2. The summed E-state index contributed by atoms with van der Waals surface area (Å²) in [6.45, 7) is 1.86. The Hall–Kier alpha value is -2.53. The Bertz CT molecular complexity index is 862. The van der Waals surface area contributed by atoms with Crippen LogP contribution in [0.4, 0.5) is 5.82 Å². The standard InChI is InChI=1S/C19H21N3O2/c1-12(11-23)24-14-5-6-18-15(9-14)16(10-22(18)2)17-8-13-4-3-7-20-19(13)21-17/h3-7,9-10,12,17,23H,8,11H2,1-2H3,(H,20,21). The average Bonchev–Trinajstić information content (AvgIpc) is 3.15. The van der Waals surface area contributed by atoms with Gasteiger partial charge in [-0.3, -0.25) is 0 Å². The van der Waals surface area contributed by atoms with Gasteiger partial charge in [-0.2, -0.15) is 0 Å². The topological polar surface area (TPSA) is 59.3 Å². The van der Waals surface area contributed by atoms with E-state index in [1.807, 2.05) is 25.3 Å². The highest BCUT2D eigenvalue weighted by Crippen LogP contribution is 2.37. The highest BCUT2D eigenvalue weighted by atomic mass is 16.5. The maximum atomic E-state index is 9.19. The van der Waals surface area contributed by atoms with Gasteiger partial charge in [0.05, 0.1) is 12.6 Å². The molecule has 5 nitrogen and oxygen atoms in total. The van der Waals surface area contributed by atoms with Gasteiger partial charge >= 0.3 is 0 Å². The van der Waals surface area contributed by atoms with Crippen molar-refractivity contribution in [2.45, 2.75) is 25.5 Å². The van der Waals surface area contributed by atoms with E-state index >= 15 is 0 Å². The fourth-order valence-electron chi connectivity index (χ4n) is 3.38. The molecule has 2 unspecified atom stereocenters. The van der Waals surface area contributed by atoms with E-state index in [2.05, 4.69) is 46.3 Å². The van der Waals surface area contributed by atoms with Gasteiger partial charge in [0.25, 0.3) is 0 Å². The second kappa shape index (κ2) is 5.83. The molecule has 2 aromatic heterocycles. The number of nitrogens with one attached hydrogen (secondary N) is 1.